The van der Waals surface area contributed by atoms with Crippen LogP contribution in [0.2, 0.25) is 0 Å². The third-order valence-corrected chi connectivity index (χ3v) is 4.23. The van der Waals surface area contributed by atoms with Crippen molar-refractivity contribution >= 4 is 28.7 Å². The van der Waals surface area contributed by atoms with Crippen LogP contribution in [0.15, 0.2) is 77.9 Å². The van der Waals surface area contributed by atoms with Gasteiger partial charge in [0.05, 0.1) is 27.7 Å². The molecule has 0 saturated heterocycles. The van der Waals surface area contributed by atoms with Crippen LogP contribution in [0.1, 0.15) is 11.4 Å². The Bertz CT molecular complexity index is 1250. The standard InChI is InChI=1S/C21H14N4O3/c26-21-18-5-1-2-6-19(18)23-20(24(21)17-4-3-13-22-14-17)12-9-15-7-10-16(11-8-15)25(27)28/h1-14H/b12-9-. The predicted molar refractivity (Wildman–Crippen MR) is 107 cm³/mol. The van der Waals surface area contributed by atoms with Gasteiger partial charge >= 0.3 is 0 Å². The largest absolute Gasteiger partial charge is 0.269 e. The Morgan fingerprint density at radius 2 is 1.75 bits per heavy atom. The molecule has 0 fully saturated rings. The molecule has 2 heterocycles. The van der Waals surface area contributed by atoms with Gasteiger partial charge in [0.15, 0.2) is 0 Å². The smallest absolute Gasteiger partial charge is 0.268 e. The molecule has 0 spiro atoms. The molecule has 0 N–H and O–H groups in total. The van der Waals surface area contributed by atoms with Gasteiger partial charge in [0.1, 0.15) is 5.82 Å². The van der Waals surface area contributed by atoms with Crippen molar-refractivity contribution in [3.63, 3.8) is 0 Å². The van der Waals surface area contributed by atoms with Gasteiger partial charge in [0.25, 0.3) is 11.2 Å². The lowest BCUT2D eigenvalue weighted by Gasteiger charge is -2.10. The third-order valence-electron chi connectivity index (χ3n) is 4.23. The van der Waals surface area contributed by atoms with Gasteiger partial charge in [0, 0.05) is 18.3 Å². The van der Waals surface area contributed by atoms with Gasteiger partial charge in [-0.2, -0.15) is 0 Å². The maximum Gasteiger partial charge on any atom is 0.269 e. The number of pyridine rings is 1. The molecule has 0 aliphatic heterocycles. The highest BCUT2D eigenvalue weighted by Gasteiger charge is 2.11. The highest BCUT2D eigenvalue weighted by molar-refractivity contribution is 5.80. The maximum atomic E-state index is 13.1. The molecule has 2 aromatic heterocycles. The van der Waals surface area contributed by atoms with Gasteiger partial charge in [-0.05, 0) is 48.0 Å². The lowest BCUT2D eigenvalue weighted by atomic mass is 10.2. The molecule has 0 aliphatic carbocycles. The summed E-state index contributed by atoms with van der Waals surface area (Å²) in [6.45, 7) is 0. The van der Waals surface area contributed by atoms with Crippen molar-refractivity contribution in [2.24, 2.45) is 0 Å². The maximum absolute atomic E-state index is 13.1. The fraction of sp³-hybridized carbons (Fsp3) is 0. The predicted octanol–water partition coefficient (Wildman–Crippen LogP) is 3.86. The minimum absolute atomic E-state index is 0.0215. The van der Waals surface area contributed by atoms with Gasteiger partial charge in [-0.15, -0.1) is 0 Å². The molecule has 2 aromatic carbocycles. The number of nitrogens with zero attached hydrogens (tertiary/aromatic N) is 4. The van der Waals surface area contributed by atoms with Crippen LogP contribution in [-0.4, -0.2) is 19.5 Å². The van der Waals surface area contributed by atoms with E-state index in [4.69, 9.17) is 0 Å². The quantitative estimate of drug-likeness (QED) is 0.402. The van der Waals surface area contributed by atoms with E-state index < -0.39 is 4.92 Å². The first-order valence-electron chi connectivity index (χ1n) is 8.48. The Balaban J connectivity index is 1.85. The molecule has 0 unspecified atom stereocenters. The molecule has 4 rings (SSSR count). The number of nitro benzene ring substituents is 1. The molecule has 0 bridgehead atoms. The third kappa shape index (κ3) is 3.28. The zero-order valence-corrected chi connectivity index (χ0v) is 14.6. The minimum atomic E-state index is -0.446. The summed E-state index contributed by atoms with van der Waals surface area (Å²) in [6, 6.07) is 16.8. The molecule has 0 aliphatic rings. The number of hydrogen-bond acceptors (Lipinski definition) is 5. The van der Waals surface area contributed by atoms with Crippen LogP contribution in [0.4, 0.5) is 5.69 Å². The van der Waals surface area contributed by atoms with Gasteiger partial charge in [-0.1, -0.05) is 18.2 Å². The highest BCUT2D eigenvalue weighted by atomic mass is 16.6. The van der Waals surface area contributed by atoms with Crippen molar-refractivity contribution < 1.29 is 4.92 Å². The van der Waals surface area contributed by atoms with E-state index >= 15 is 0 Å². The summed E-state index contributed by atoms with van der Waals surface area (Å²) < 4.78 is 1.50. The van der Waals surface area contributed by atoms with E-state index in [9.17, 15) is 14.9 Å². The van der Waals surface area contributed by atoms with Gasteiger partial charge in [-0.25, -0.2) is 4.98 Å². The van der Waals surface area contributed by atoms with Crippen LogP contribution in [0.5, 0.6) is 0 Å². The van der Waals surface area contributed by atoms with E-state index in [2.05, 4.69) is 9.97 Å². The number of benzene rings is 2. The summed E-state index contributed by atoms with van der Waals surface area (Å²) in [7, 11) is 0. The Morgan fingerprint density at radius 1 is 0.964 bits per heavy atom. The second kappa shape index (κ2) is 7.24. The highest BCUT2D eigenvalue weighted by Crippen LogP contribution is 2.16. The summed E-state index contributed by atoms with van der Waals surface area (Å²) in [6.07, 6.45) is 6.70. The molecule has 7 nitrogen and oxygen atoms in total. The van der Waals surface area contributed by atoms with Crippen LogP contribution in [0.25, 0.3) is 28.7 Å². The molecular formula is C21H14N4O3. The Kier molecular flexibility index (Phi) is 4.47. The van der Waals surface area contributed by atoms with E-state index in [1.807, 2.05) is 6.07 Å². The van der Waals surface area contributed by atoms with Crippen LogP contribution in [0.3, 0.4) is 0 Å². The number of para-hydroxylation sites is 1. The molecule has 136 valence electrons. The van der Waals surface area contributed by atoms with Crippen molar-refractivity contribution in [2.75, 3.05) is 0 Å². The first-order valence-corrected chi connectivity index (χ1v) is 8.48. The van der Waals surface area contributed by atoms with Crippen molar-refractivity contribution in [2.45, 2.75) is 0 Å². The average molecular weight is 370 g/mol. The normalized spacial score (nSPS) is 11.1. The lowest BCUT2D eigenvalue weighted by Crippen LogP contribution is -2.22. The zero-order chi connectivity index (χ0) is 19.5. The summed E-state index contributed by atoms with van der Waals surface area (Å²) in [5.74, 6) is 0.440. The van der Waals surface area contributed by atoms with Crippen molar-refractivity contribution in [3.05, 3.63) is 105 Å². The van der Waals surface area contributed by atoms with Crippen LogP contribution in [-0.2, 0) is 0 Å². The summed E-state index contributed by atoms with van der Waals surface area (Å²) >= 11 is 0. The number of aromatic nitrogens is 3. The first-order chi connectivity index (χ1) is 13.6. The molecule has 0 atom stereocenters. The summed E-state index contributed by atoms with van der Waals surface area (Å²) in [4.78, 5) is 32.1. The van der Waals surface area contributed by atoms with Crippen molar-refractivity contribution in [1.29, 1.82) is 0 Å². The van der Waals surface area contributed by atoms with Gasteiger partial charge in [0.2, 0.25) is 0 Å². The average Bonchev–Trinajstić information content (AvgIpc) is 2.73. The van der Waals surface area contributed by atoms with E-state index in [-0.39, 0.29) is 11.2 Å². The monoisotopic (exact) mass is 370 g/mol. The number of hydrogen-bond donors (Lipinski definition) is 0. The number of non-ortho nitro benzene ring substituents is 1. The number of nitro groups is 1. The Morgan fingerprint density at radius 3 is 2.46 bits per heavy atom. The first kappa shape index (κ1) is 17.3. The second-order valence-corrected chi connectivity index (χ2v) is 6.02. The van der Waals surface area contributed by atoms with Crippen molar-refractivity contribution in [3.8, 4) is 5.69 Å². The van der Waals surface area contributed by atoms with E-state index in [1.165, 1.54) is 16.7 Å². The van der Waals surface area contributed by atoms with Crippen LogP contribution in [0, 0.1) is 10.1 Å². The Hall–Kier alpha value is -4.13. The topological polar surface area (TPSA) is 90.9 Å². The molecule has 4 aromatic rings. The molecule has 0 saturated carbocycles. The SMILES string of the molecule is O=c1c2ccccc2nc(/C=C\c2ccc([N+](=O)[O-])cc2)n1-c1cccnc1. The Labute approximate surface area is 159 Å². The summed E-state index contributed by atoms with van der Waals surface area (Å²) in [5.41, 5.74) is 1.78. The molecular weight excluding hydrogens is 356 g/mol. The minimum Gasteiger partial charge on any atom is -0.268 e. The van der Waals surface area contributed by atoms with E-state index in [0.717, 1.165) is 5.56 Å². The van der Waals surface area contributed by atoms with E-state index in [0.29, 0.717) is 22.4 Å². The van der Waals surface area contributed by atoms with Crippen LogP contribution >= 0.6 is 0 Å². The fourth-order valence-electron chi connectivity index (χ4n) is 2.88. The van der Waals surface area contributed by atoms with Gasteiger partial charge in [-0.3, -0.25) is 24.5 Å². The fourth-order valence-corrected chi connectivity index (χ4v) is 2.88. The number of rotatable bonds is 4. The second-order valence-electron chi connectivity index (χ2n) is 6.02. The zero-order valence-electron chi connectivity index (χ0n) is 14.6. The molecule has 7 heteroatoms. The van der Waals surface area contributed by atoms with Gasteiger partial charge < -0.3 is 0 Å². The lowest BCUT2D eigenvalue weighted by molar-refractivity contribution is -0.384. The molecule has 28 heavy (non-hydrogen) atoms. The van der Waals surface area contributed by atoms with E-state index in [1.54, 1.807) is 67.0 Å². The van der Waals surface area contributed by atoms with Crippen LogP contribution < -0.4 is 5.56 Å². The number of fused-ring (bicyclic) bond motifs is 1. The summed E-state index contributed by atoms with van der Waals surface area (Å²) in [5, 5.41) is 11.3. The van der Waals surface area contributed by atoms with Crippen molar-refractivity contribution in [1.82, 2.24) is 14.5 Å². The molecule has 0 radical (unpaired) electrons. The molecule has 0 amide bonds.